The summed E-state index contributed by atoms with van der Waals surface area (Å²) in [6, 6.07) is 14.4. The Kier molecular flexibility index (Phi) is 5.13. The molecule has 20 heavy (non-hydrogen) atoms. The van der Waals surface area contributed by atoms with Crippen LogP contribution in [0.25, 0.3) is 10.8 Å². The Labute approximate surface area is 120 Å². The van der Waals surface area contributed by atoms with Crippen LogP contribution in [0.15, 0.2) is 42.5 Å². The van der Waals surface area contributed by atoms with Gasteiger partial charge in [0.05, 0.1) is 0 Å². The highest BCUT2D eigenvalue weighted by Crippen LogP contribution is 2.18. The number of nitrogens with two attached hydrogens (primary N) is 1. The number of carbonyl (C=O) groups excluding carboxylic acids is 1. The van der Waals surface area contributed by atoms with E-state index in [0.29, 0.717) is 19.5 Å². The minimum absolute atomic E-state index is 0.0789. The van der Waals surface area contributed by atoms with E-state index < -0.39 is 0 Å². The number of carbonyl (C=O) groups is 1. The van der Waals surface area contributed by atoms with Crippen LogP contribution >= 0.6 is 0 Å². The number of benzene rings is 2. The molecule has 0 fully saturated rings. The van der Waals surface area contributed by atoms with Gasteiger partial charge in [-0.2, -0.15) is 0 Å². The molecule has 3 N–H and O–H groups in total. The van der Waals surface area contributed by atoms with Crippen molar-refractivity contribution in [2.45, 2.75) is 26.3 Å². The van der Waals surface area contributed by atoms with Crippen LogP contribution in [0.4, 0.5) is 0 Å². The van der Waals surface area contributed by atoms with E-state index in [1.54, 1.807) is 0 Å². The van der Waals surface area contributed by atoms with Gasteiger partial charge in [0, 0.05) is 13.0 Å². The molecule has 1 amide bonds. The fraction of sp³-hybridized carbons (Fsp3) is 0.353. The van der Waals surface area contributed by atoms with Gasteiger partial charge in [0.25, 0.3) is 0 Å². The highest BCUT2D eigenvalue weighted by molar-refractivity contribution is 5.86. The molecule has 3 nitrogen and oxygen atoms in total. The summed E-state index contributed by atoms with van der Waals surface area (Å²) in [7, 11) is 0. The second kappa shape index (κ2) is 7.06. The van der Waals surface area contributed by atoms with Gasteiger partial charge in [-0.1, -0.05) is 55.8 Å². The van der Waals surface area contributed by atoms with E-state index in [1.165, 1.54) is 10.8 Å². The molecule has 2 aromatic carbocycles. The molecular formula is C17H22N2O. The van der Waals surface area contributed by atoms with E-state index in [2.05, 4.69) is 36.5 Å². The SMILES string of the molecule is CCC(CN)CC(=O)NCc1cccc2ccccc12. The molecule has 0 aliphatic heterocycles. The van der Waals surface area contributed by atoms with Crippen LogP contribution in [0.3, 0.4) is 0 Å². The summed E-state index contributed by atoms with van der Waals surface area (Å²) >= 11 is 0. The minimum Gasteiger partial charge on any atom is -0.352 e. The molecular weight excluding hydrogens is 248 g/mol. The third-order valence-electron chi connectivity index (χ3n) is 3.74. The molecule has 3 heteroatoms. The fourth-order valence-corrected chi connectivity index (χ4v) is 2.37. The first-order valence-corrected chi connectivity index (χ1v) is 7.18. The van der Waals surface area contributed by atoms with E-state index >= 15 is 0 Å². The van der Waals surface area contributed by atoms with E-state index in [0.717, 1.165) is 12.0 Å². The highest BCUT2D eigenvalue weighted by Gasteiger charge is 2.10. The Hall–Kier alpha value is -1.87. The summed E-state index contributed by atoms with van der Waals surface area (Å²) in [6.45, 7) is 3.20. The van der Waals surface area contributed by atoms with Crippen molar-refractivity contribution in [3.63, 3.8) is 0 Å². The summed E-state index contributed by atoms with van der Waals surface area (Å²) in [4.78, 5) is 11.9. The van der Waals surface area contributed by atoms with Crippen molar-refractivity contribution in [3.8, 4) is 0 Å². The van der Waals surface area contributed by atoms with Crippen molar-refractivity contribution in [1.82, 2.24) is 5.32 Å². The number of amides is 1. The van der Waals surface area contributed by atoms with Gasteiger partial charge in [-0.25, -0.2) is 0 Å². The number of nitrogens with one attached hydrogen (secondary N) is 1. The molecule has 2 rings (SSSR count). The Bertz CT molecular complexity index is 571. The minimum atomic E-state index is 0.0789. The van der Waals surface area contributed by atoms with Crippen molar-refractivity contribution >= 4 is 16.7 Å². The maximum absolute atomic E-state index is 11.9. The predicted octanol–water partition coefficient (Wildman–Crippen LogP) is 2.83. The largest absolute Gasteiger partial charge is 0.352 e. The first-order valence-electron chi connectivity index (χ1n) is 7.18. The first kappa shape index (κ1) is 14.5. The van der Waals surface area contributed by atoms with Gasteiger partial charge in [0.1, 0.15) is 0 Å². The van der Waals surface area contributed by atoms with Gasteiger partial charge in [-0.05, 0) is 28.8 Å². The third kappa shape index (κ3) is 3.58. The highest BCUT2D eigenvalue weighted by atomic mass is 16.1. The van der Waals surface area contributed by atoms with Gasteiger partial charge in [0.15, 0.2) is 0 Å². The summed E-state index contributed by atoms with van der Waals surface area (Å²) in [5, 5.41) is 5.39. The molecule has 106 valence electrons. The number of rotatable bonds is 6. The monoisotopic (exact) mass is 270 g/mol. The molecule has 0 spiro atoms. The van der Waals surface area contributed by atoms with Crippen molar-refractivity contribution in [1.29, 1.82) is 0 Å². The standard InChI is InChI=1S/C17H22N2O/c1-2-13(11-18)10-17(20)19-12-15-8-5-7-14-6-3-4-9-16(14)15/h3-9,13H,2,10-12,18H2,1H3,(H,19,20). The second-order valence-corrected chi connectivity index (χ2v) is 5.13. The zero-order valence-electron chi connectivity index (χ0n) is 11.9. The van der Waals surface area contributed by atoms with Crippen LogP contribution in [-0.4, -0.2) is 12.5 Å². The Morgan fingerprint density at radius 2 is 1.95 bits per heavy atom. The van der Waals surface area contributed by atoms with E-state index in [9.17, 15) is 4.79 Å². The van der Waals surface area contributed by atoms with Crippen LogP contribution in [0, 0.1) is 5.92 Å². The fourth-order valence-electron chi connectivity index (χ4n) is 2.37. The van der Waals surface area contributed by atoms with Gasteiger partial charge in [-0.15, -0.1) is 0 Å². The summed E-state index contributed by atoms with van der Waals surface area (Å²) in [5.41, 5.74) is 6.78. The number of hydrogen-bond donors (Lipinski definition) is 2. The molecule has 1 atom stereocenters. The van der Waals surface area contributed by atoms with Crippen LogP contribution in [0.1, 0.15) is 25.3 Å². The van der Waals surface area contributed by atoms with Gasteiger partial charge in [0.2, 0.25) is 5.91 Å². The molecule has 0 aliphatic carbocycles. The van der Waals surface area contributed by atoms with Crippen molar-refractivity contribution < 1.29 is 4.79 Å². The third-order valence-corrected chi connectivity index (χ3v) is 3.74. The van der Waals surface area contributed by atoms with Crippen LogP contribution < -0.4 is 11.1 Å². The zero-order valence-corrected chi connectivity index (χ0v) is 11.9. The number of hydrogen-bond acceptors (Lipinski definition) is 2. The maximum Gasteiger partial charge on any atom is 0.220 e. The second-order valence-electron chi connectivity index (χ2n) is 5.13. The van der Waals surface area contributed by atoms with Crippen molar-refractivity contribution in [2.24, 2.45) is 11.7 Å². The van der Waals surface area contributed by atoms with Gasteiger partial charge < -0.3 is 11.1 Å². The van der Waals surface area contributed by atoms with Gasteiger partial charge in [-0.3, -0.25) is 4.79 Å². The molecule has 1 unspecified atom stereocenters. The lowest BCUT2D eigenvalue weighted by atomic mass is 10.0. The molecule has 0 aliphatic rings. The Balaban J connectivity index is 2.01. The average Bonchev–Trinajstić information content (AvgIpc) is 2.50. The predicted molar refractivity (Wildman–Crippen MR) is 83.2 cm³/mol. The Morgan fingerprint density at radius 3 is 2.70 bits per heavy atom. The van der Waals surface area contributed by atoms with E-state index in [4.69, 9.17) is 5.73 Å². The maximum atomic E-state index is 11.9. The summed E-state index contributed by atoms with van der Waals surface area (Å²) in [5.74, 6) is 0.359. The van der Waals surface area contributed by atoms with E-state index in [1.807, 2.05) is 18.2 Å². The number of fused-ring (bicyclic) bond motifs is 1. The van der Waals surface area contributed by atoms with Gasteiger partial charge >= 0.3 is 0 Å². The summed E-state index contributed by atoms with van der Waals surface area (Å²) in [6.07, 6.45) is 1.45. The van der Waals surface area contributed by atoms with E-state index in [-0.39, 0.29) is 11.8 Å². The smallest absolute Gasteiger partial charge is 0.220 e. The lowest BCUT2D eigenvalue weighted by molar-refractivity contribution is -0.122. The Morgan fingerprint density at radius 1 is 1.20 bits per heavy atom. The lowest BCUT2D eigenvalue weighted by Gasteiger charge is -2.13. The molecule has 0 saturated heterocycles. The average molecular weight is 270 g/mol. The first-order chi connectivity index (χ1) is 9.74. The molecule has 2 aromatic rings. The molecule has 0 saturated carbocycles. The zero-order chi connectivity index (χ0) is 14.4. The van der Waals surface area contributed by atoms with Crippen LogP contribution in [-0.2, 0) is 11.3 Å². The topological polar surface area (TPSA) is 55.1 Å². The normalized spacial score (nSPS) is 12.3. The lowest BCUT2D eigenvalue weighted by Crippen LogP contribution is -2.27. The molecule has 0 bridgehead atoms. The van der Waals surface area contributed by atoms with Crippen LogP contribution in [0.5, 0.6) is 0 Å². The quantitative estimate of drug-likeness (QED) is 0.848. The molecule has 0 aromatic heterocycles. The van der Waals surface area contributed by atoms with Crippen molar-refractivity contribution in [2.75, 3.05) is 6.54 Å². The van der Waals surface area contributed by atoms with Crippen LogP contribution in [0.2, 0.25) is 0 Å². The molecule has 0 radical (unpaired) electrons. The van der Waals surface area contributed by atoms with Crippen molar-refractivity contribution in [3.05, 3.63) is 48.0 Å². The summed E-state index contributed by atoms with van der Waals surface area (Å²) < 4.78 is 0. The molecule has 0 heterocycles.